The van der Waals surface area contributed by atoms with Crippen molar-refractivity contribution in [3.63, 3.8) is 0 Å². The van der Waals surface area contributed by atoms with Gasteiger partial charge in [0.05, 0.1) is 22.5 Å². The second kappa shape index (κ2) is 11.5. The van der Waals surface area contributed by atoms with Crippen molar-refractivity contribution < 1.29 is 13.2 Å². The average molecular weight is 563 g/mol. The minimum absolute atomic E-state index is 0.0691. The fourth-order valence-electron chi connectivity index (χ4n) is 4.63. The summed E-state index contributed by atoms with van der Waals surface area (Å²) in [4.78, 5) is 13.1. The van der Waals surface area contributed by atoms with Gasteiger partial charge in [0.1, 0.15) is 6.54 Å². The number of rotatable bonds is 8. The van der Waals surface area contributed by atoms with Crippen molar-refractivity contribution in [3.8, 4) is 5.69 Å². The van der Waals surface area contributed by atoms with Crippen LogP contribution in [0.2, 0.25) is 5.02 Å². The van der Waals surface area contributed by atoms with E-state index in [0.29, 0.717) is 16.3 Å². The van der Waals surface area contributed by atoms with Gasteiger partial charge in [-0.15, -0.1) is 0 Å². The van der Waals surface area contributed by atoms with Gasteiger partial charge in [0.25, 0.3) is 15.9 Å². The molecule has 1 aromatic heterocycles. The van der Waals surface area contributed by atoms with Crippen LogP contribution in [0.1, 0.15) is 33.6 Å². The monoisotopic (exact) mass is 562 g/mol. The zero-order chi connectivity index (χ0) is 28.3. The molecule has 202 valence electrons. The van der Waals surface area contributed by atoms with Crippen molar-refractivity contribution in [2.75, 3.05) is 10.8 Å². The largest absolute Gasteiger partial charge is 0.317 e. The average Bonchev–Trinajstić information content (AvgIpc) is 3.17. The molecule has 0 spiro atoms. The number of carbonyl (C=O) groups excluding carboxylic acids is 1. The Balaban J connectivity index is 1.60. The van der Waals surface area contributed by atoms with Gasteiger partial charge in [-0.1, -0.05) is 54.1 Å². The van der Waals surface area contributed by atoms with Crippen molar-refractivity contribution in [2.45, 2.75) is 39.5 Å². The Labute approximate surface area is 234 Å². The van der Waals surface area contributed by atoms with Gasteiger partial charge in [0, 0.05) is 22.0 Å². The number of halogens is 1. The fourth-order valence-corrected chi connectivity index (χ4v) is 6.30. The van der Waals surface area contributed by atoms with Crippen LogP contribution < -0.4 is 9.73 Å². The molecule has 0 bridgehead atoms. The summed E-state index contributed by atoms with van der Waals surface area (Å²) in [5.41, 5.74) is 9.76. The minimum atomic E-state index is -4.05. The SMILES string of the molecule is Cc1ccc(Cl)cc1N(CC(=O)N/N=C\c1cc(C)n(-c2c(C)cccc2C)c1C)S(=O)(=O)c1ccccc1. The van der Waals surface area contributed by atoms with E-state index >= 15 is 0 Å². The van der Waals surface area contributed by atoms with E-state index in [2.05, 4.69) is 41.1 Å². The maximum absolute atomic E-state index is 13.6. The van der Waals surface area contributed by atoms with Gasteiger partial charge >= 0.3 is 0 Å². The Bertz CT molecular complexity index is 1640. The zero-order valence-corrected chi connectivity index (χ0v) is 24.1. The fraction of sp³-hybridized carbons (Fsp3) is 0.200. The van der Waals surface area contributed by atoms with E-state index < -0.39 is 22.5 Å². The highest BCUT2D eigenvalue weighted by Gasteiger charge is 2.28. The molecule has 4 aromatic rings. The lowest BCUT2D eigenvalue weighted by molar-refractivity contribution is -0.119. The molecule has 7 nitrogen and oxygen atoms in total. The van der Waals surface area contributed by atoms with Gasteiger partial charge in [-0.3, -0.25) is 9.10 Å². The predicted octanol–water partition coefficient (Wildman–Crippen LogP) is 6.02. The van der Waals surface area contributed by atoms with Crippen LogP contribution in [0.3, 0.4) is 0 Å². The summed E-state index contributed by atoms with van der Waals surface area (Å²) in [5.74, 6) is -0.589. The highest BCUT2D eigenvalue weighted by Crippen LogP contribution is 2.29. The molecule has 0 aliphatic rings. The number of carbonyl (C=O) groups is 1. The first-order chi connectivity index (χ1) is 18.5. The molecule has 1 amide bonds. The maximum Gasteiger partial charge on any atom is 0.264 e. The third-order valence-corrected chi connectivity index (χ3v) is 8.59. The third kappa shape index (κ3) is 5.92. The molecule has 0 saturated heterocycles. The number of aromatic nitrogens is 1. The molecule has 0 aliphatic carbocycles. The first-order valence-corrected chi connectivity index (χ1v) is 14.2. The molecule has 3 aromatic carbocycles. The van der Waals surface area contributed by atoms with Crippen LogP contribution in [0.4, 0.5) is 5.69 Å². The van der Waals surface area contributed by atoms with Crippen LogP contribution in [0.25, 0.3) is 5.69 Å². The normalized spacial score (nSPS) is 11.6. The zero-order valence-electron chi connectivity index (χ0n) is 22.6. The summed E-state index contributed by atoms with van der Waals surface area (Å²) >= 11 is 6.19. The first-order valence-electron chi connectivity index (χ1n) is 12.4. The van der Waals surface area contributed by atoms with Crippen LogP contribution in [0.5, 0.6) is 0 Å². The van der Waals surface area contributed by atoms with E-state index in [9.17, 15) is 13.2 Å². The number of hydrazone groups is 1. The summed E-state index contributed by atoms with van der Waals surface area (Å²) in [6.07, 6.45) is 1.57. The van der Waals surface area contributed by atoms with Crippen LogP contribution >= 0.6 is 11.6 Å². The van der Waals surface area contributed by atoms with Gasteiger partial charge < -0.3 is 4.57 Å². The number of nitrogens with zero attached hydrogens (tertiary/aromatic N) is 3. The van der Waals surface area contributed by atoms with Gasteiger partial charge in [-0.25, -0.2) is 13.8 Å². The van der Waals surface area contributed by atoms with Crippen molar-refractivity contribution >= 4 is 39.4 Å². The lowest BCUT2D eigenvalue weighted by Crippen LogP contribution is -2.40. The molecule has 1 N–H and O–H groups in total. The highest BCUT2D eigenvalue weighted by atomic mass is 35.5. The maximum atomic E-state index is 13.6. The molecule has 1 heterocycles. The van der Waals surface area contributed by atoms with Crippen molar-refractivity contribution in [3.05, 3.63) is 111 Å². The quantitative estimate of drug-likeness (QED) is 0.210. The van der Waals surface area contributed by atoms with Crippen molar-refractivity contribution in [1.29, 1.82) is 0 Å². The van der Waals surface area contributed by atoms with Gasteiger partial charge in [0.15, 0.2) is 0 Å². The first kappa shape index (κ1) is 28.1. The highest BCUT2D eigenvalue weighted by molar-refractivity contribution is 7.92. The van der Waals surface area contributed by atoms with Crippen LogP contribution in [-0.2, 0) is 14.8 Å². The number of para-hydroxylation sites is 1. The molecule has 0 radical (unpaired) electrons. The van der Waals surface area contributed by atoms with E-state index in [-0.39, 0.29) is 4.90 Å². The molecular weight excluding hydrogens is 532 g/mol. The Morgan fingerprint density at radius 3 is 2.26 bits per heavy atom. The summed E-state index contributed by atoms with van der Waals surface area (Å²) in [5, 5.41) is 4.51. The molecule has 39 heavy (non-hydrogen) atoms. The summed E-state index contributed by atoms with van der Waals surface area (Å²) in [6.45, 7) is 9.46. The standard InChI is InChI=1S/C30H31ClN4O3S/c1-20-14-15-26(31)17-28(20)34(39(37,38)27-12-7-6-8-13-27)19-29(36)33-32-18-25-16-23(4)35(24(25)5)30-21(2)10-9-11-22(30)3/h6-18H,19H2,1-5H3,(H,33,36)/b32-18-. The number of amides is 1. The molecule has 0 saturated carbocycles. The van der Waals surface area contributed by atoms with Crippen LogP contribution in [0, 0.1) is 34.6 Å². The third-order valence-electron chi connectivity index (χ3n) is 6.58. The summed E-state index contributed by atoms with van der Waals surface area (Å²) in [7, 11) is -4.05. The van der Waals surface area contributed by atoms with Crippen LogP contribution in [0.15, 0.2) is 82.8 Å². The smallest absolute Gasteiger partial charge is 0.264 e. The molecule has 4 rings (SSSR count). The predicted molar refractivity (Wildman–Crippen MR) is 158 cm³/mol. The second-order valence-electron chi connectivity index (χ2n) is 9.45. The summed E-state index contributed by atoms with van der Waals surface area (Å²) < 4.78 is 30.4. The summed E-state index contributed by atoms with van der Waals surface area (Å²) in [6, 6.07) is 21.1. The van der Waals surface area contributed by atoms with E-state index in [4.69, 9.17) is 11.6 Å². The lowest BCUT2D eigenvalue weighted by atomic mass is 10.1. The number of hydrogen-bond acceptors (Lipinski definition) is 4. The Morgan fingerprint density at radius 2 is 1.59 bits per heavy atom. The molecule has 0 unspecified atom stereocenters. The minimum Gasteiger partial charge on any atom is -0.317 e. The lowest BCUT2D eigenvalue weighted by Gasteiger charge is -2.25. The Hall–Kier alpha value is -3.88. The van der Waals surface area contributed by atoms with E-state index in [1.807, 2.05) is 26.0 Å². The van der Waals surface area contributed by atoms with E-state index in [1.165, 1.54) is 18.2 Å². The topological polar surface area (TPSA) is 83.8 Å². The Morgan fingerprint density at radius 1 is 0.923 bits per heavy atom. The van der Waals surface area contributed by atoms with Gasteiger partial charge in [-0.2, -0.15) is 5.10 Å². The molecule has 9 heteroatoms. The molecule has 0 fully saturated rings. The van der Waals surface area contributed by atoms with E-state index in [1.54, 1.807) is 43.5 Å². The second-order valence-corrected chi connectivity index (χ2v) is 11.7. The van der Waals surface area contributed by atoms with Crippen molar-refractivity contribution in [2.24, 2.45) is 5.10 Å². The number of anilines is 1. The number of sulfonamides is 1. The Kier molecular flexibility index (Phi) is 8.28. The van der Waals surface area contributed by atoms with Crippen LogP contribution in [-0.4, -0.2) is 31.7 Å². The molecular formula is C30H31ClN4O3S. The number of nitrogens with one attached hydrogen (secondary N) is 1. The number of hydrogen-bond donors (Lipinski definition) is 1. The number of benzene rings is 3. The van der Waals surface area contributed by atoms with Gasteiger partial charge in [0.2, 0.25) is 0 Å². The van der Waals surface area contributed by atoms with Crippen molar-refractivity contribution in [1.82, 2.24) is 9.99 Å². The van der Waals surface area contributed by atoms with E-state index in [0.717, 1.165) is 38.1 Å². The number of aryl methyl sites for hydroxylation is 4. The molecule has 0 aliphatic heterocycles. The van der Waals surface area contributed by atoms with Gasteiger partial charge in [-0.05, 0) is 81.6 Å². The molecule has 0 atom stereocenters.